The fraction of sp³-hybridized carbons (Fsp3) is 0.632. The molecule has 4 heteroatoms. The van der Waals surface area contributed by atoms with Gasteiger partial charge in [0, 0.05) is 24.5 Å². The molecule has 2 aromatic rings. The summed E-state index contributed by atoms with van der Waals surface area (Å²) in [5, 5.41) is 9.88. The first-order chi connectivity index (χ1) is 11.3. The van der Waals surface area contributed by atoms with Gasteiger partial charge in [-0.25, -0.2) is 0 Å². The molecule has 23 heavy (non-hydrogen) atoms. The lowest BCUT2D eigenvalue weighted by Gasteiger charge is -2.34. The number of aryl methyl sites for hydroxylation is 1. The Morgan fingerprint density at radius 3 is 2.74 bits per heavy atom. The monoisotopic (exact) mass is 312 g/mol. The molecular formula is C19H28N4. The zero-order valence-electron chi connectivity index (χ0n) is 14.2. The summed E-state index contributed by atoms with van der Waals surface area (Å²) in [6, 6.07) is 9.44. The van der Waals surface area contributed by atoms with Crippen molar-refractivity contribution in [2.75, 3.05) is 19.6 Å². The van der Waals surface area contributed by atoms with Crippen molar-refractivity contribution in [3.8, 4) is 0 Å². The molecular weight excluding hydrogens is 284 g/mol. The highest BCUT2D eigenvalue weighted by atomic mass is 15.3. The lowest BCUT2D eigenvalue weighted by atomic mass is 9.88. The number of aromatic nitrogens is 2. The summed E-state index contributed by atoms with van der Waals surface area (Å²) in [6.45, 7) is 7.77. The second kappa shape index (κ2) is 6.62. The van der Waals surface area contributed by atoms with Gasteiger partial charge in [-0.2, -0.15) is 5.10 Å². The van der Waals surface area contributed by atoms with Crippen LogP contribution in [0.25, 0.3) is 10.9 Å². The average Bonchev–Trinajstić information content (AvgIpc) is 3.24. The third kappa shape index (κ3) is 3.02. The van der Waals surface area contributed by atoms with Gasteiger partial charge in [0.1, 0.15) is 0 Å². The standard InChI is InChI=1S/C19H28N4/c1-2-23-19-8-4-3-6-16(19)18(21-23)14-22-12-9-15(10-13-22)17-7-5-11-20-17/h3-4,6,8,15,17,20H,2,5,7,9-14H2,1H3. The summed E-state index contributed by atoms with van der Waals surface area (Å²) in [6.07, 6.45) is 5.43. The molecule has 2 aliphatic rings. The molecule has 1 aromatic heterocycles. The van der Waals surface area contributed by atoms with E-state index in [1.54, 1.807) is 0 Å². The van der Waals surface area contributed by atoms with Crippen LogP contribution in [0.2, 0.25) is 0 Å². The summed E-state index contributed by atoms with van der Waals surface area (Å²) >= 11 is 0. The number of benzene rings is 1. The fourth-order valence-electron chi connectivity index (χ4n) is 4.39. The van der Waals surface area contributed by atoms with Gasteiger partial charge >= 0.3 is 0 Å². The van der Waals surface area contributed by atoms with Crippen molar-refractivity contribution < 1.29 is 0 Å². The SMILES string of the molecule is CCn1nc(CN2CCC(C3CCCN3)CC2)c2ccccc21. The minimum atomic E-state index is 0.789. The predicted molar refractivity (Wildman–Crippen MR) is 94.4 cm³/mol. The van der Waals surface area contributed by atoms with Gasteiger partial charge in [0.2, 0.25) is 0 Å². The van der Waals surface area contributed by atoms with Crippen molar-refractivity contribution in [2.24, 2.45) is 5.92 Å². The Labute approximate surface area is 138 Å². The van der Waals surface area contributed by atoms with Crippen LogP contribution in [0.3, 0.4) is 0 Å². The number of fused-ring (bicyclic) bond motifs is 1. The molecule has 1 atom stereocenters. The maximum absolute atomic E-state index is 4.86. The maximum atomic E-state index is 4.86. The number of para-hydroxylation sites is 1. The van der Waals surface area contributed by atoms with Crippen LogP contribution in [-0.4, -0.2) is 40.4 Å². The molecule has 0 radical (unpaired) electrons. The van der Waals surface area contributed by atoms with E-state index in [4.69, 9.17) is 5.10 Å². The summed E-state index contributed by atoms with van der Waals surface area (Å²) in [5.41, 5.74) is 2.52. The lowest BCUT2D eigenvalue weighted by Crippen LogP contribution is -2.40. The van der Waals surface area contributed by atoms with Crippen molar-refractivity contribution in [1.82, 2.24) is 20.0 Å². The number of hydrogen-bond donors (Lipinski definition) is 1. The van der Waals surface area contributed by atoms with Crippen LogP contribution >= 0.6 is 0 Å². The molecule has 0 amide bonds. The van der Waals surface area contributed by atoms with Gasteiger partial charge in [0.25, 0.3) is 0 Å². The molecule has 0 spiro atoms. The molecule has 2 fully saturated rings. The number of rotatable bonds is 4. The molecule has 4 nitrogen and oxygen atoms in total. The Bertz CT molecular complexity index is 648. The zero-order chi connectivity index (χ0) is 15.6. The molecule has 0 aliphatic carbocycles. The second-order valence-corrected chi connectivity index (χ2v) is 7.10. The number of nitrogens with zero attached hydrogens (tertiary/aromatic N) is 3. The van der Waals surface area contributed by atoms with E-state index in [-0.39, 0.29) is 0 Å². The molecule has 124 valence electrons. The third-order valence-corrected chi connectivity index (χ3v) is 5.71. The zero-order valence-corrected chi connectivity index (χ0v) is 14.2. The lowest BCUT2D eigenvalue weighted by molar-refractivity contribution is 0.156. The Balaban J connectivity index is 1.43. The summed E-state index contributed by atoms with van der Waals surface area (Å²) < 4.78 is 2.14. The quantitative estimate of drug-likeness (QED) is 0.942. The first kappa shape index (κ1) is 15.2. The molecule has 3 heterocycles. The van der Waals surface area contributed by atoms with E-state index in [1.807, 2.05) is 0 Å². The van der Waals surface area contributed by atoms with E-state index >= 15 is 0 Å². The number of piperidine rings is 1. The third-order valence-electron chi connectivity index (χ3n) is 5.71. The number of nitrogens with one attached hydrogen (secondary N) is 1. The summed E-state index contributed by atoms with van der Waals surface area (Å²) in [7, 11) is 0. The molecule has 2 aliphatic heterocycles. The van der Waals surface area contributed by atoms with Crippen LogP contribution in [0, 0.1) is 5.92 Å². The van der Waals surface area contributed by atoms with E-state index in [0.29, 0.717) is 0 Å². The first-order valence-electron chi connectivity index (χ1n) is 9.25. The van der Waals surface area contributed by atoms with Crippen LogP contribution in [0.4, 0.5) is 0 Å². The fourth-order valence-corrected chi connectivity index (χ4v) is 4.39. The van der Waals surface area contributed by atoms with E-state index < -0.39 is 0 Å². The highest BCUT2D eigenvalue weighted by Crippen LogP contribution is 2.27. The Morgan fingerprint density at radius 2 is 2.00 bits per heavy atom. The van der Waals surface area contributed by atoms with Crippen molar-refractivity contribution in [1.29, 1.82) is 0 Å². The molecule has 0 bridgehead atoms. The molecule has 0 saturated carbocycles. The van der Waals surface area contributed by atoms with Gasteiger partial charge in [0.15, 0.2) is 0 Å². The van der Waals surface area contributed by atoms with Gasteiger partial charge in [-0.05, 0) is 64.2 Å². The van der Waals surface area contributed by atoms with Gasteiger partial charge in [-0.1, -0.05) is 18.2 Å². The van der Waals surface area contributed by atoms with Gasteiger partial charge in [-0.3, -0.25) is 9.58 Å². The van der Waals surface area contributed by atoms with Gasteiger partial charge in [0.05, 0.1) is 11.2 Å². The highest BCUT2D eigenvalue weighted by molar-refractivity contribution is 5.81. The molecule has 1 N–H and O–H groups in total. The van der Waals surface area contributed by atoms with Crippen molar-refractivity contribution in [3.05, 3.63) is 30.0 Å². The minimum Gasteiger partial charge on any atom is -0.314 e. The Kier molecular flexibility index (Phi) is 4.36. The molecule has 4 rings (SSSR count). The van der Waals surface area contributed by atoms with E-state index in [9.17, 15) is 0 Å². The Morgan fingerprint density at radius 1 is 1.17 bits per heavy atom. The largest absolute Gasteiger partial charge is 0.314 e. The van der Waals surface area contributed by atoms with Crippen LogP contribution in [-0.2, 0) is 13.1 Å². The average molecular weight is 312 g/mol. The number of likely N-dealkylation sites (tertiary alicyclic amines) is 1. The van der Waals surface area contributed by atoms with Crippen molar-refractivity contribution in [3.63, 3.8) is 0 Å². The second-order valence-electron chi connectivity index (χ2n) is 7.10. The normalized spacial score (nSPS) is 23.8. The summed E-state index contributed by atoms with van der Waals surface area (Å²) in [4.78, 5) is 2.60. The van der Waals surface area contributed by atoms with Crippen LogP contribution in [0.5, 0.6) is 0 Å². The van der Waals surface area contributed by atoms with Crippen LogP contribution in [0.1, 0.15) is 38.3 Å². The van der Waals surface area contributed by atoms with Crippen LogP contribution in [0.15, 0.2) is 24.3 Å². The topological polar surface area (TPSA) is 33.1 Å². The molecule has 1 aromatic carbocycles. The minimum absolute atomic E-state index is 0.789. The highest BCUT2D eigenvalue weighted by Gasteiger charge is 2.28. The van der Waals surface area contributed by atoms with Crippen LogP contribution < -0.4 is 5.32 Å². The smallest absolute Gasteiger partial charge is 0.0843 e. The molecule has 1 unspecified atom stereocenters. The Hall–Kier alpha value is -1.39. The molecule has 2 saturated heterocycles. The number of hydrogen-bond acceptors (Lipinski definition) is 3. The van der Waals surface area contributed by atoms with Crippen molar-refractivity contribution >= 4 is 10.9 Å². The van der Waals surface area contributed by atoms with E-state index in [2.05, 4.69) is 46.1 Å². The van der Waals surface area contributed by atoms with E-state index in [1.165, 1.54) is 61.9 Å². The van der Waals surface area contributed by atoms with Gasteiger partial charge in [-0.15, -0.1) is 0 Å². The predicted octanol–water partition coefficient (Wildman–Crippen LogP) is 3.02. The van der Waals surface area contributed by atoms with Gasteiger partial charge < -0.3 is 5.32 Å². The maximum Gasteiger partial charge on any atom is 0.0843 e. The summed E-state index contributed by atoms with van der Waals surface area (Å²) in [5.74, 6) is 0.888. The van der Waals surface area contributed by atoms with E-state index in [0.717, 1.165) is 25.0 Å². The first-order valence-corrected chi connectivity index (χ1v) is 9.25. The van der Waals surface area contributed by atoms with Crippen molar-refractivity contribution in [2.45, 2.75) is 51.7 Å².